The molecule has 0 saturated heterocycles. The number of anilines is 1. The maximum Gasteiger partial charge on any atom is 0.143 e. The van der Waals surface area contributed by atoms with Crippen molar-refractivity contribution >= 4 is 44.3 Å². The molecule has 3 N–H and O–H groups in total. The van der Waals surface area contributed by atoms with Crippen LogP contribution in [0.15, 0.2) is 40.9 Å². The topological polar surface area (TPSA) is 64.1 Å². The maximum atomic E-state index is 10.0. The molecule has 6 heteroatoms. The van der Waals surface area contributed by atoms with Crippen molar-refractivity contribution in [3.8, 4) is 5.69 Å². The van der Waals surface area contributed by atoms with Gasteiger partial charge in [0.2, 0.25) is 0 Å². The Morgan fingerprint density at radius 2 is 2.05 bits per heavy atom. The van der Waals surface area contributed by atoms with Crippen LogP contribution in [-0.2, 0) is 0 Å². The molecular formula is C15H13BrClN3O. The molecular weight excluding hydrogens is 354 g/mol. The van der Waals surface area contributed by atoms with E-state index in [1.54, 1.807) is 19.1 Å². The number of imidazole rings is 1. The first kappa shape index (κ1) is 14.4. The van der Waals surface area contributed by atoms with Crippen LogP contribution in [-0.4, -0.2) is 14.7 Å². The number of aliphatic hydroxyl groups excluding tert-OH is 1. The molecule has 0 bridgehead atoms. The Hall–Kier alpha value is -1.56. The van der Waals surface area contributed by atoms with Crippen molar-refractivity contribution in [2.45, 2.75) is 13.0 Å². The van der Waals surface area contributed by atoms with Crippen molar-refractivity contribution in [2.75, 3.05) is 5.73 Å². The summed E-state index contributed by atoms with van der Waals surface area (Å²) in [6.45, 7) is 1.69. The molecule has 0 radical (unpaired) electrons. The van der Waals surface area contributed by atoms with Crippen molar-refractivity contribution < 1.29 is 5.11 Å². The second-order valence-corrected chi connectivity index (χ2v) is 6.09. The van der Waals surface area contributed by atoms with Gasteiger partial charge in [-0.1, -0.05) is 11.6 Å². The lowest BCUT2D eigenvalue weighted by molar-refractivity contribution is 0.187. The number of hydrogen-bond acceptors (Lipinski definition) is 3. The molecule has 0 aliphatic carbocycles. The average molecular weight is 367 g/mol. The molecule has 3 aromatic rings. The molecule has 0 aliphatic heterocycles. The zero-order valence-electron chi connectivity index (χ0n) is 11.2. The minimum Gasteiger partial charge on any atom is -0.399 e. The minimum atomic E-state index is -0.701. The van der Waals surface area contributed by atoms with E-state index in [1.165, 1.54) is 0 Å². The first-order valence-electron chi connectivity index (χ1n) is 6.38. The Balaban J connectivity index is 2.33. The Morgan fingerprint density at radius 3 is 2.71 bits per heavy atom. The lowest BCUT2D eigenvalue weighted by Crippen LogP contribution is -2.04. The smallest absolute Gasteiger partial charge is 0.143 e. The quantitative estimate of drug-likeness (QED) is 0.672. The van der Waals surface area contributed by atoms with E-state index < -0.39 is 6.10 Å². The fourth-order valence-corrected chi connectivity index (χ4v) is 2.78. The molecule has 0 aliphatic rings. The van der Waals surface area contributed by atoms with Gasteiger partial charge in [0.15, 0.2) is 0 Å². The number of nitrogen functional groups attached to an aromatic ring is 1. The van der Waals surface area contributed by atoms with Crippen molar-refractivity contribution in [1.82, 2.24) is 9.55 Å². The lowest BCUT2D eigenvalue weighted by Gasteiger charge is -2.12. The highest BCUT2D eigenvalue weighted by molar-refractivity contribution is 9.10. The number of rotatable bonds is 2. The molecule has 4 nitrogen and oxygen atoms in total. The van der Waals surface area contributed by atoms with Crippen molar-refractivity contribution in [3.05, 3.63) is 51.7 Å². The number of aromatic nitrogens is 2. The molecule has 1 atom stereocenters. The van der Waals surface area contributed by atoms with Crippen molar-refractivity contribution in [3.63, 3.8) is 0 Å². The number of nitrogens with two attached hydrogens (primary N) is 1. The standard InChI is InChI=1S/C15H13BrClN3O/c1-8(21)15-19-13-6-9(18)2-5-14(13)20(15)10-3-4-12(17)11(16)7-10/h2-8,21H,18H2,1H3. The highest BCUT2D eigenvalue weighted by Crippen LogP contribution is 2.30. The molecule has 21 heavy (non-hydrogen) atoms. The van der Waals surface area contributed by atoms with Gasteiger partial charge in [-0.3, -0.25) is 4.57 Å². The first-order chi connectivity index (χ1) is 9.97. The minimum absolute atomic E-state index is 0.560. The molecule has 0 spiro atoms. The Labute approximate surface area is 135 Å². The second kappa shape index (κ2) is 5.33. The number of benzene rings is 2. The normalized spacial score (nSPS) is 12.8. The van der Waals surface area contributed by atoms with Crippen LogP contribution in [0.5, 0.6) is 0 Å². The third-order valence-corrected chi connectivity index (χ3v) is 4.45. The van der Waals surface area contributed by atoms with Crippen LogP contribution in [0.2, 0.25) is 5.02 Å². The first-order valence-corrected chi connectivity index (χ1v) is 7.56. The highest BCUT2D eigenvalue weighted by Gasteiger charge is 2.17. The second-order valence-electron chi connectivity index (χ2n) is 4.83. The van der Waals surface area contributed by atoms with Gasteiger partial charge in [-0.25, -0.2) is 4.98 Å². The van der Waals surface area contributed by atoms with E-state index in [1.807, 2.05) is 28.8 Å². The molecule has 108 valence electrons. The average Bonchev–Trinajstić information content (AvgIpc) is 2.80. The summed E-state index contributed by atoms with van der Waals surface area (Å²) in [6, 6.07) is 11.1. The van der Waals surface area contributed by atoms with Crippen LogP contribution in [0.25, 0.3) is 16.7 Å². The number of aliphatic hydroxyl groups is 1. The molecule has 0 amide bonds. The summed E-state index contributed by atoms with van der Waals surface area (Å²) in [5, 5.41) is 10.6. The Morgan fingerprint density at radius 1 is 1.29 bits per heavy atom. The van der Waals surface area contributed by atoms with Gasteiger partial charge in [0.05, 0.1) is 16.1 Å². The summed E-state index contributed by atoms with van der Waals surface area (Å²) >= 11 is 9.47. The van der Waals surface area contributed by atoms with Crippen molar-refractivity contribution in [1.29, 1.82) is 0 Å². The molecule has 0 saturated carbocycles. The monoisotopic (exact) mass is 365 g/mol. The Kier molecular flexibility index (Phi) is 3.65. The fourth-order valence-electron chi connectivity index (χ4n) is 2.29. The van der Waals surface area contributed by atoms with Gasteiger partial charge in [0.1, 0.15) is 11.9 Å². The zero-order chi connectivity index (χ0) is 15.1. The molecule has 2 aromatic carbocycles. The number of nitrogens with zero attached hydrogens (tertiary/aromatic N) is 2. The summed E-state index contributed by atoms with van der Waals surface area (Å²) in [7, 11) is 0. The van der Waals surface area contributed by atoms with Crippen LogP contribution >= 0.6 is 27.5 Å². The molecule has 1 aromatic heterocycles. The van der Waals surface area contributed by atoms with Crippen LogP contribution in [0.3, 0.4) is 0 Å². The number of halogens is 2. The SMILES string of the molecule is CC(O)c1nc2cc(N)ccc2n1-c1ccc(Cl)c(Br)c1. The van der Waals surface area contributed by atoms with Gasteiger partial charge in [0.25, 0.3) is 0 Å². The van der Waals surface area contributed by atoms with E-state index in [2.05, 4.69) is 20.9 Å². The predicted molar refractivity (Wildman–Crippen MR) is 88.8 cm³/mol. The summed E-state index contributed by atoms with van der Waals surface area (Å²) in [5.41, 5.74) is 8.95. The molecule has 1 heterocycles. The van der Waals surface area contributed by atoms with Gasteiger partial charge >= 0.3 is 0 Å². The van der Waals surface area contributed by atoms with E-state index in [9.17, 15) is 5.11 Å². The van der Waals surface area contributed by atoms with Gasteiger partial charge in [-0.15, -0.1) is 0 Å². The third kappa shape index (κ3) is 2.52. The summed E-state index contributed by atoms with van der Waals surface area (Å²) in [4.78, 5) is 4.49. The Bertz CT molecular complexity index is 829. The van der Waals surface area contributed by atoms with E-state index >= 15 is 0 Å². The fraction of sp³-hybridized carbons (Fsp3) is 0.133. The summed E-state index contributed by atoms with van der Waals surface area (Å²) in [6.07, 6.45) is -0.701. The van der Waals surface area contributed by atoms with E-state index in [0.29, 0.717) is 16.5 Å². The predicted octanol–water partition coefficient (Wildman–Crippen LogP) is 4.08. The van der Waals surface area contributed by atoms with Gasteiger partial charge in [-0.05, 0) is 59.3 Å². The van der Waals surface area contributed by atoms with Crippen LogP contribution in [0.4, 0.5) is 5.69 Å². The highest BCUT2D eigenvalue weighted by atomic mass is 79.9. The molecule has 0 fully saturated rings. The summed E-state index contributed by atoms with van der Waals surface area (Å²) < 4.78 is 2.69. The zero-order valence-corrected chi connectivity index (χ0v) is 13.6. The third-order valence-electron chi connectivity index (χ3n) is 3.24. The molecule has 1 unspecified atom stereocenters. The lowest BCUT2D eigenvalue weighted by atomic mass is 10.2. The van der Waals surface area contributed by atoms with E-state index in [-0.39, 0.29) is 0 Å². The van der Waals surface area contributed by atoms with E-state index in [0.717, 1.165) is 21.2 Å². The van der Waals surface area contributed by atoms with Crippen molar-refractivity contribution in [2.24, 2.45) is 0 Å². The van der Waals surface area contributed by atoms with E-state index in [4.69, 9.17) is 17.3 Å². The number of hydrogen-bond donors (Lipinski definition) is 2. The van der Waals surface area contributed by atoms with Gasteiger partial charge in [0, 0.05) is 15.8 Å². The summed E-state index contributed by atoms with van der Waals surface area (Å²) in [5.74, 6) is 0.560. The van der Waals surface area contributed by atoms with Crippen LogP contribution in [0, 0.1) is 0 Å². The molecule has 3 rings (SSSR count). The maximum absolute atomic E-state index is 10.0. The number of fused-ring (bicyclic) bond motifs is 1. The van der Waals surface area contributed by atoms with Crippen LogP contribution in [0.1, 0.15) is 18.9 Å². The van der Waals surface area contributed by atoms with Gasteiger partial charge in [-0.2, -0.15) is 0 Å². The van der Waals surface area contributed by atoms with Gasteiger partial charge < -0.3 is 10.8 Å². The van der Waals surface area contributed by atoms with Crippen LogP contribution < -0.4 is 5.73 Å². The largest absolute Gasteiger partial charge is 0.399 e.